The Hall–Kier alpha value is -1.57. The number of benzene rings is 1. The molecule has 1 N–H and O–H groups in total. The van der Waals surface area contributed by atoms with Gasteiger partial charge in [-0.25, -0.2) is 0 Å². The van der Waals surface area contributed by atoms with Crippen molar-refractivity contribution in [2.75, 3.05) is 27.2 Å². The van der Waals surface area contributed by atoms with E-state index in [9.17, 15) is 0 Å². The molecular weight excluding hydrogens is 250 g/mol. The maximum Gasteiger partial charge on any atom is 0.174 e. The molecule has 0 saturated carbocycles. The highest BCUT2D eigenvalue weighted by Gasteiger charge is 2.15. The highest BCUT2D eigenvalue weighted by molar-refractivity contribution is 5.33. The van der Waals surface area contributed by atoms with Gasteiger partial charge in [0.25, 0.3) is 0 Å². The molecule has 0 aliphatic heterocycles. The SMILES string of the molecule is CC(C)C(CNCc1ccccc1OCC#N)N(C)C. The number of likely N-dealkylation sites (N-methyl/N-ethyl adjacent to an activating group) is 1. The molecule has 0 bridgehead atoms. The van der Waals surface area contributed by atoms with Crippen LogP contribution in [0.3, 0.4) is 0 Å². The lowest BCUT2D eigenvalue weighted by Gasteiger charge is -2.28. The van der Waals surface area contributed by atoms with Gasteiger partial charge in [-0.05, 0) is 26.1 Å². The van der Waals surface area contributed by atoms with E-state index in [0.29, 0.717) is 12.0 Å². The van der Waals surface area contributed by atoms with E-state index in [1.807, 2.05) is 30.3 Å². The molecule has 1 aromatic carbocycles. The summed E-state index contributed by atoms with van der Waals surface area (Å²) in [5, 5.41) is 12.1. The Morgan fingerprint density at radius 1 is 1.30 bits per heavy atom. The van der Waals surface area contributed by atoms with Gasteiger partial charge in [-0.15, -0.1) is 0 Å². The molecule has 0 saturated heterocycles. The first-order valence-corrected chi connectivity index (χ1v) is 7.01. The first-order valence-electron chi connectivity index (χ1n) is 7.01. The molecular formula is C16H25N3O. The summed E-state index contributed by atoms with van der Waals surface area (Å²) in [6.45, 7) is 6.23. The molecule has 4 heteroatoms. The molecule has 0 heterocycles. The van der Waals surface area contributed by atoms with Crippen LogP contribution in [-0.2, 0) is 6.54 Å². The van der Waals surface area contributed by atoms with Crippen molar-refractivity contribution in [2.24, 2.45) is 5.92 Å². The minimum atomic E-state index is 0.0866. The van der Waals surface area contributed by atoms with Crippen molar-refractivity contribution in [2.45, 2.75) is 26.4 Å². The number of nitrogens with one attached hydrogen (secondary N) is 1. The second-order valence-electron chi connectivity index (χ2n) is 5.46. The van der Waals surface area contributed by atoms with Crippen LogP contribution >= 0.6 is 0 Å². The van der Waals surface area contributed by atoms with E-state index in [0.717, 1.165) is 24.4 Å². The molecule has 0 fully saturated rings. The van der Waals surface area contributed by atoms with Gasteiger partial charge in [0.15, 0.2) is 6.61 Å². The summed E-state index contributed by atoms with van der Waals surface area (Å²) in [6.07, 6.45) is 0. The highest BCUT2D eigenvalue weighted by atomic mass is 16.5. The molecule has 0 aliphatic carbocycles. The Kier molecular flexibility index (Phi) is 7.06. The van der Waals surface area contributed by atoms with Crippen LogP contribution in [-0.4, -0.2) is 38.2 Å². The predicted octanol–water partition coefficient (Wildman–Crippen LogP) is 2.26. The average molecular weight is 275 g/mol. The summed E-state index contributed by atoms with van der Waals surface area (Å²) >= 11 is 0. The van der Waals surface area contributed by atoms with Gasteiger partial charge in [-0.2, -0.15) is 5.26 Å². The zero-order valence-electron chi connectivity index (χ0n) is 12.9. The molecule has 4 nitrogen and oxygen atoms in total. The third kappa shape index (κ3) is 5.20. The van der Waals surface area contributed by atoms with Crippen LogP contribution in [0.5, 0.6) is 5.75 Å². The summed E-state index contributed by atoms with van der Waals surface area (Å²) in [5.74, 6) is 1.38. The van der Waals surface area contributed by atoms with Crippen LogP contribution in [0, 0.1) is 17.2 Å². The van der Waals surface area contributed by atoms with E-state index >= 15 is 0 Å². The maximum atomic E-state index is 8.59. The van der Waals surface area contributed by atoms with E-state index in [2.05, 4.69) is 38.2 Å². The van der Waals surface area contributed by atoms with Gasteiger partial charge in [0.2, 0.25) is 0 Å². The average Bonchev–Trinajstić information content (AvgIpc) is 2.41. The molecule has 1 rings (SSSR count). The quantitative estimate of drug-likeness (QED) is 0.790. The first-order chi connectivity index (χ1) is 9.56. The fourth-order valence-corrected chi connectivity index (χ4v) is 2.27. The van der Waals surface area contributed by atoms with E-state index in [4.69, 9.17) is 10.00 Å². The number of para-hydroxylation sites is 1. The molecule has 0 spiro atoms. The summed E-state index contributed by atoms with van der Waals surface area (Å²) in [7, 11) is 4.21. The van der Waals surface area contributed by atoms with Crippen LogP contribution < -0.4 is 10.1 Å². The summed E-state index contributed by atoms with van der Waals surface area (Å²) < 4.78 is 5.43. The van der Waals surface area contributed by atoms with Gasteiger partial charge in [0, 0.05) is 24.7 Å². The number of rotatable bonds is 8. The maximum absolute atomic E-state index is 8.59. The van der Waals surface area contributed by atoms with E-state index < -0.39 is 0 Å². The van der Waals surface area contributed by atoms with Crippen LogP contribution in [0.15, 0.2) is 24.3 Å². The van der Waals surface area contributed by atoms with Crippen LogP contribution in [0.2, 0.25) is 0 Å². The fourth-order valence-electron chi connectivity index (χ4n) is 2.27. The zero-order valence-corrected chi connectivity index (χ0v) is 12.9. The number of hydrogen-bond acceptors (Lipinski definition) is 4. The molecule has 0 amide bonds. The molecule has 0 aromatic heterocycles. The monoisotopic (exact) mass is 275 g/mol. The molecule has 110 valence electrons. The Morgan fingerprint density at radius 2 is 2.00 bits per heavy atom. The Balaban J connectivity index is 2.55. The lowest BCUT2D eigenvalue weighted by molar-refractivity contribution is 0.224. The number of nitrogens with zero attached hydrogens (tertiary/aromatic N) is 2. The first kappa shape index (κ1) is 16.5. The van der Waals surface area contributed by atoms with Gasteiger partial charge in [0.1, 0.15) is 11.8 Å². The predicted molar refractivity (Wildman–Crippen MR) is 81.6 cm³/mol. The number of nitriles is 1. The van der Waals surface area contributed by atoms with Crippen molar-refractivity contribution in [3.05, 3.63) is 29.8 Å². The second-order valence-corrected chi connectivity index (χ2v) is 5.46. The van der Waals surface area contributed by atoms with Crippen molar-refractivity contribution >= 4 is 0 Å². The molecule has 0 radical (unpaired) electrons. The van der Waals surface area contributed by atoms with Gasteiger partial charge in [-0.1, -0.05) is 32.0 Å². The summed E-state index contributed by atoms with van der Waals surface area (Å²) in [5.41, 5.74) is 1.09. The number of ether oxygens (including phenoxy) is 1. The Bertz CT molecular complexity index is 430. The third-order valence-electron chi connectivity index (χ3n) is 3.37. The normalized spacial score (nSPS) is 12.4. The minimum Gasteiger partial charge on any atom is -0.478 e. The fraction of sp³-hybridized carbons (Fsp3) is 0.562. The molecule has 1 atom stereocenters. The minimum absolute atomic E-state index is 0.0866. The van der Waals surface area contributed by atoms with Gasteiger partial charge in [-0.3, -0.25) is 0 Å². The summed E-state index contributed by atoms with van der Waals surface area (Å²) in [4.78, 5) is 2.25. The molecule has 1 aromatic rings. The van der Waals surface area contributed by atoms with Crippen molar-refractivity contribution in [3.8, 4) is 11.8 Å². The van der Waals surface area contributed by atoms with Crippen LogP contribution in [0.25, 0.3) is 0 Å². The molecule has 1 unspecified atom stereocenters. The lowest BCUT2D eigenvalue weighted by Crippen LogP contribution is -2.41. The largest absolute Gasteiger partial charge is 0.478 e. The van der Waals surface area contributed by atoms with Gasteiger partial charge >= 0.3 is 0 Å². The topological polar surface area (TPSA) is 48.3 Å². The number of hydrogen-bond donors (Lipinski definition) is 1. The lowest BCUT2D eigenvalue weighted by atomic mass is 10.0. The van der Waals surface area contributed by atoms with Gasteiger partial charge < -0.3 is 15.0 Å². The standard InChI is InChI=1S/C16H25N3O/c1-13(2)15(19(3)4)12-18-11-14-7-5-6-8-16(14)20-10-9-17/h5-8,13,15,18H,10-12H2,1-4H3. The Morgan fingerprint density at radius 3 is 2.60 bits per heavy atom. The second kappa shape index (κ2) is 8.57. The van der Waals surface area contributed by atoms with E-state index in [1.165, 1.54) is 0 Å². The van der Waals surface area contributed by atoms with Crippen LogP contribution in [0.1, 0.15) is 19.4 Å². The van der Waals surface area contributed by atoms with Gasteiger partial charge in [0.05, 0.1) is 0 Å². The Labute approximate surface area is 122 Å². The van der Waals surface area contributed by atoms with Crippen molar-refractivity contribution < 1.29 is 4.74 Å². The summed E-state index contributed by atoms with van der Waals surface area (Å²) in [6, 6.07) is 10.3. The van der Waals surface area contributed by atoms with Crippen LogP contribution in [0.4, 0.5) is 0 Å². The van der Waals surface area contributed by atoms with Crippen molar-refractivity contribution in [3.63, 3.8) is 0 Å². The van der Waals surface area contributed by atoms with E-state index in [1.54, 1.807) is 0 Å². The highest BCUT2D eigenvalue weighted by Crippen LogP contribution is 2.17. The molecule has 20 heavy (non-hydrogen) atoms. The zero-order chi connectivity index (χ0) is 15.0. The molecule has 0 aliphatic rings. The van der Waals surface area contributed by atoms with Crippen molar-refractivity contribution in [1.82, 2.24) is 10.2 Å². The smallest absolute Gasteiger partial charge is 0.174 e. The van der Waals surface area contributed by atoms with Crippen molar-refractivity contribution in [1.29, 1.82) is 5.26 Å². The third-order valence-corrected chi connectivity index (χ3v) is 3.37. The van der Waals surface area contributed by atoms with E-state index in [-0.39, 0.29) is 6.61 Å².